The fourth-order valence-electron chi connectivity index (χ4n) is 1.91. The van der Waals surface area contributed by atoms with Crippen molar-refractivity contribution >= 4 is 31.5 Å². The topological polar surface area (TPSA) is 55.4 Å². The first-order valence-electron chi connectivity index (χ1n) is 5.30. The minimum atomic E-state index is -2.85. The Morgan fingerprint density at radius 2 is 2.18 bits per heavy atom. The zero-order valence-electron chi connectivity index (χ0n) is 9.44. The molecule has 0 saturated carbocycles. The van der Waals surface area contributed by atoms with Gasteiger partial charge in [0.05, 0.1) is 18.6 Å². The summed E-state index contributed by atoms with van der Waals surface area (Å²) in [7, 11) is -1.24. The zero-order chi connectivity index (χ0) is 12.5. The van der Waals surface area contributed by atoms with E-state index in [0.29, 0.717) is 6.42 Å². The minimum Gasteiger partial charge on any atom is -0.497 e. The number of methoxy groups -OCH3 is 1. The molecule has 0 aromatic heterocycles. The maximum atomic E-state index is 11.3. The Morgan fingerprint density at radius 3 is 2.76 bits per heavy atom. The number of hydrogen-bond acceptors (Lipinski definition) is 4. The number of anilines is 1. The van der Waals surface area contributed by atoms with Crippen molar-refractivity contribution in [3.63, 3.8) is 0 Å². The van der Waals surface area contributed by atoms with Gasteiger partial charge in [0.25, 0.3) is 0 Å². The van der Waals surface area contributed by atoms with Gasteiger partial charge in [0, 0.05) is 22.3 Å². The van der Waals surface area contributed by atoms with E-state index in [9.17, 15) is 8.42 Å². The molecular weight excluding hydrogens is 306 g/mol. The number of hydrogen-bond donors (Lipinski definition) is 1. The van der Waals surface area contributed by atoms with Crippen LogP contribution >= 0.6 is 15.9 Å². The maximum Gasteiger partial charge on any atom is 0.152 e. The molecule has 94 valence electrons. The summed E-state index contributed by atoms with van der Waals surface area (Å²) >= 11 is 3.39. The van der Waals surface area contributed by atoms with Gasteiger partial charge in [-0.2, -0.15) is 0 Å². The van der Waals surface area contributed by atoms with Crippen LogP contribution in [0.3, 0.4) is 0 Å². The fourth-order valence-corrected chi connectivity index (χ4v) is 4.05. The van der Waals surface area contributed by atoms with Crippen LogP contribution < -0.4 is 10.1 Å². The van der Waals surface area contributed by atoms with Gasteiger partial charge in [-0.3, -0.25) is 0 Å². The van der Waals surface area contributed by atoms with Gasteiger partial charge >= 0.3 is 0 Å². The SMILES string of the molecule is COc1cc(Br)cc(NC2CCS(=O)(=O)C2)c1. The van der Waals surface area contributed by atoms with E-state index in [4.69, 9.17) is 4.74 Å². The van der Waals surface area contributed by atoms with Gasteiger partial charge in [-0.25, -0.2) is 8.42 Å². The van der Waals surface area contributed by atoms with E-state index in [2.05, 4.69) is 21.2 Å². The Labute approximate surface area is 109 Å². The lowest BCUT2D eigenvalue weighted by Gasteiger charge is -2.13. The Balaban J connectivity index is 2.11. The number of nitrogens with one attached hydrogen (secondary N) is 1. The fraction of sp³-hybridized carbons (Fsp3) is 0.455. The van der Waals surface area contributed by atoms with Gasteiger partial charge in [0.2, 0.25) is 0 Å². The van der Waals surface area contributed by atoms with E-state index in [-0.39, 0.29) is 17.5 Å². The quantitative estimate of drug-likeness (QED) is 0.926. The molecule has 1 aromatic rings. The third kappa shape index (κ3) is 3.35. The molecule has 0 aliphatic carbocycles. The summed E-state index contributed by atoms with van der Waals surface area (Å²) in [6.07, 6.45) is 0.664. The van der Waals surface area contributed by atoms with E-state index in [1.807, 2.05) is 18.2 Å². The molecule has 1 aromatic carbocycles. The Hall–Kier alpha value is -0.750. The molecule has 17 heavy (non-hydrogen) atoms. The third-order valence-electron chi connectivity index (χ3n) is 2.71. The first-order chi connectivity index (χ1) is 7.98. The standard InChI is InChI=1S/C11H14BrNO3S/c1-16-11-5-8(12)4-10(6-11)13-9-2-3-17(14,15)7-9/h4-6,9,13H,2-3,7H2,1H3. The normalized spacial score (nSPS) is 22.4. The maximum absolute atomic E-state index is 11.3. The van der Waals surface area contributed by atoms with Crippen LogP contribution in [-0.2, 0) is 9.84 Å². The van der Waals surface area contributed by atoms with Crippen LogP contribution in [0.25, 0.3) is 0 Å². The zero-order valence-corrected chi connectivity index (χ0v) is 11.8. The van der Waals surface area contributed by atoms with Crippen LogP contribution in [0.1, 0.15) is 6.42 Å². The molecule has 1 atom stereocenters. The van der Waals surface area contributed by atoms with Crippen LogP contribution in [0.5, 0.6) is 5.75 Å². The highest BCUT2D eigenvalue weighted by Gasteiger charge is 2.27. The highest BCUT2D eigenvalue weighted by Crippen LogP contribution is 2.26. The van der Waals surface area contributed by atoms with Crippen molar-refractivity contribution in [3.8, 4) is 5.75 Å². The lowest BCUT2D eigenvalue weighted by Crippen LogP contribution is -2.20. The van der Waals surface area contributed by atoms with E-state index < -0.39 is 9.84 Å². The van der Waals surface area contributed by atoms with Gasteiger partial charge in [0.1, 0.15) is 5.75 Å². The average Bonchev–Trinajstić information content (AvgIpc) is 2.57. The molecule has 1 saturated heterocycles. The van der Waals surface area contributed by atoms with Crippen molar-refractivity contribution in [2.75, 3.05) is 23.9 Å². The predicted molar refractivity (Wildman–Crippen MR) is 71.4 cm³/mol. The van der Waals surface area contributed by atoms with Crippen LogP contribution in [0, 0.1) is 0 Å². The molecule has 0 bridgehead atoms. The molecule has 2 rings (SSSR count). The van der Waals surface area contributed by atoms with E-state index in [1.54, 1.807) is 7.11 Å². The van der Waals surface area contributed by atoms with Crippen LogP contribution in [0.4, 0.5) is 5.69 Å². The minimum absolute atomic E-state index is 0.000920. The molecule has 6 heteroatoms. The average molecular weight is 320 g/mol. The molecule has 0 spiro atoms. The van der Waals surface area contributed by atoms with Crippen molar-refractivity contribution in [2.45, 2.75) is 12.5 Å². The van der Waals surface area contributed by atoms with Crippen LogP contribution in [-0.4, -0.2) is 33.1 Å². The molecule has 1 fully saturated rings. The van der Waals surface area contributed by atoms with Crippen LogP contribution in [0.2, 0.25) is 0 Å². The first kappa shape index (κ1) is 12.7. The Bertz CT molecular complexity index is 515. The second-order valence-electron chi connectivity index (χ2n) is 4.12. The van der Waals surface area contributed by atoms with Crippen molar-refractivity contribution in [2.24, 2.45) is 0 Å². The third-order valence-corrected chi connectivity index (χ3v) is 4.94. The largest absolute Gasteiger partial charge is 0.497 e. The van der Waals surface area contributed by atoms with Gasteiger partial charge < -0.3 is 10.1 Å². The number of ether oxygens (including phenoxy) is 1. The second kappa shape index (κ2) is 4.86. The lowest BCUT2D eigenvalue weighted by atomic mass is 10.2. The number of rotatable bonds is 3. The van der Waals surface area contributed by atoms with Crippen molar-refractivity contribution in [1.29, 1.82) is 0 Å². The summed E-state index contributed by atoms with van der Waals surface area (Å²) in [4.78, 5) is 0. The molecule has 1 aliphatic heterocycles. The number of benzene rings is 1. The molecule has 4 nitrogen and oxygen atoms in total. The first-order valence-corrected chi connectivity index (χ1v) is 7.91. The summed E-state index contributed by atoms with van der Waals surface area (Å²) < 4.78 is 28.8. The summed E-state index contributed by atoms with van der Waals surface area (Å²) in [5.41, 5.74) is 0.873. The molecule has 1 heterocycles. The smallest absolute Gasteiger partial charge is 0.152 e. The number of sulfone groups is 1. The van der Waals surface area contributed by atoms with Gasteiger partial charge in [-0.1, -0.05) is 15.9 Å². The Kier molecular flexibility index (Phi) is 3.63. The molecule has 1 N–H and O–H groups in total. The van der Waals surface area contributed by atoms with Crippen molar-refractivity contribution in [3.05, 3.63) is 22.7 Å². The summed E-state index contributed by atoms with van der Waals surface area (Å²) in [6.45, 7) is 0. The number of halogens is 1. The highest BCUT2D eigenvalue weighted by molar-refractivity contribution is 9.10. The van der Waals surface area contributed by atoms with Crippen molar-refractivity contribution in [1.82, 2.24) is 0 Å². The second-order valence-corrected chi connectivity index (χ2v) is 7.27. The molecular formula is C11H14BrNO3S. The van der Waals surface area contributed by atoms with Crippen LogP contribution in [0.15, 0.2) is 22.7 Å². The van der Waals surface area contributed by atoms with Crippen molar-refractivity contribution < 1.29 is 13.2 Å². The van der Waals surface area contributed by atoms with E-state index >= 15 is 0 Å². The molecule has 1 aliphatic rings. The van der Waals surface area contributed by atoms with Gasteiger partial charge in [-0.05, 0) is 18.6 Å². The van der Waals surface area contributed by atoms with Gasteiger partial charge in [-0.15, -0.1) is 0 Å². The molecule has 0 amide bonds. The Morgan fingerprint density at radius 1 is 1.41 bits per heavy atom. The lowest BCUT2D eigenvalue weighted by molar-refractivity contribution is 0.414. The highest BCUT2D eigenvalue weighted by atomic mass is 79.9. The van der Waals surface area contributed by atoms with E-state index in [1.165, 1.54) is 0 Å². The molecule has 0 radical (unpaired) electrons. The van der Waals surface area contributed by atoms with E-state index in [0.717, 1.165) is 15.9 Å². The summed E-state index contributed by atoms with van der Waals surface area (Å²) in [5.74, 6) is 1.22. The summed E-state index contributed by atoms with van der Waals surface area (Å²) in [6, 6.07) is 5.62. The molecule has 1 unspecified atom stereocenters. The summed E-state index contributed by atoms with van der Waals surface area (Å²) in [5, 5.41) is 3.22. The van der Waals surface area contributed by atoms with Gasteiger partial charge in [0.15, 0.2) is 9.84 Å². The predicted octanol–water partition coefficient (Wildman–Crippen LogP) is 2.06. The monoisotopic (exact) mass is 319 g/mol.